The average Bonchev–Trinajstić information content (AvgIpc) is 2.70. The number of amides is 1. The van der Waals surface area contributed by atoms with Gasteiger partial charge in [0.05, 0.1) is 12.0 Å². The minimum atomic E-state index is -0.762. The van der Waals surface area contributed by atoms with Crippen molar-refractivity contribution in [1.29, 1.82) is 0 Å². The zero-order valence-corrected chi connectivity index (χ0v) is 12.3. The van der Waals surface area contributed by atoms with E-state index in [4.69, 9.17) is 5.11 Å². The summed E-state index contributed by atoms with van der Waals surface area (Å²) in [6.07, 6.45) is 2.00. The molecule has 5 nitrogen and oxygen atoms in total. The van der Waals surface area contributed by atoms with E-state index in [1.807, 2.05) is 25.7 Å². The quantitative estimate of drug-likeness (QED) is 0.764. The number of carbonyl (C=O) groups is 2. The van der Waals surface area contributed by atoms with Crippen molar-refractivity contribution in [2.45, 2.75) is 52.6 Å². The Morgan fingerprint density at radius 3 is 2.47 bits per heavy atom. The van der Waals surface area contributed by atoms with Crippen molar-refractivity contribution in [3.8, 4) is 0 Å². The van der Waals surface area contributed by atoms with E-state index in [0.29, 0.717) is 13.1 Å². The molecule has 0 bridgehead atoms. The summed E-state index contributed by atoms with van der Waals surface area (Å²) < 4.78 is 0. The number of aliphatic carboxylic acids is 1. The van der Waals surface area contributed by atoms with Gasteiger partial charge in [-0.3, -0.25) is 14.5 Å². The molecule has 1 fully saturated rings. The third-order valence-corrected chi connectivity index (χ3v) is 4.00. The summed E-state index contributed by atoms with van der Waals surface area (Å²) in [5, 5.41) is 12.1. The van der Waals surface area contributed by atoms with Crippen LogP contribution in [-0.4, -0.2) is 47.1 Å². The zero-order valence-electron chi connectivity index (χ0n) is 12.3. The highest BCUT2D eigenvalue weighted by molar-refractivity contribution is 5.81. The number of likely N-dealkylation sites (tertiary alicyclic amines) is 1. The predicted octanol–water partition coefficient (Wildman–Crippen LogP) is 1.33. The highest BCUT2D eigenvalue weighted by Gasteiger charge is 2.38. The maximum absolute atomic E-state index is 12.1. The van der Waals surface area contributed by atoms with Gasteiger partial charge in [0.1, 0.15) is 0 Å². The van der Waals surface area contributed by atoms with Crippen molar-refractivity contribution in [1.82, 2.24) is 10.2 Å². The normalized spacial score (nSPS) is 26.9. The van der Waals surface area contributed by atoms with Crippen molar-refractivity contribution in [2.75, 3.05) is 13.1 Å². The van der Waals surface area contributed by atoms with Crippen molar-refractivity contribution in [2.24, 2.45) is 11.8 Å². The van der Waals surface area contributed by atoms with Crippen molar-refractivity contribution in [3.05, 3.63) is 0 Å². The molecule has 1 amide bonds. The smallest absolute Gasteiger partial charge is 0.308 e. The average molecular weight is 270 g/mol. The molecule has 0 aromatic heterocycles. The van der Waals surface area contributed by atoms with E-state index in [1.54, 1.807) is 0 Å². The minimum Gasteiger partial charge on any atom is -0.481 e. The molecule has 1 aliphatic rings. The summed E-state index contributed by atoms with van der Waals surface area (Å²) in [7, 11) is 0. The third kappa shape index (κ3) is 4.20. The first-order valence-electron chi connectivity index (χ1n) is 7.14. The Kier molecular flexibility index (Phi) is 5.79. The SMILES string of the molecule is CCCC(C)NC(=O)C(C)N1C[C@@H](C)[C@H](C(=O)O)C1. The first-order chi connectivity index (χ1) is 8.86. The lowest BCUT2D eigenvalue weighted by Gasteiger charge is -2.25. The van der Waals surface area contributed by atoms with Gasteiger partial charge in [0.2, 0.25) is 5.91 Å². The van der Waals surface area contributed by atoms with E-state index in [0.717, 1.165) is 12.8 Å². The van der Waals surface area contributed by atoms with Crippen LogP contribution in [0.3, 0.4) is 0 Å². The van der Waals surface area contributed by atoms with E-state index < -0.39 is 5.97 Å². The van der Waals surface area contributed by atoms with Gasteiger partial charge in [0, 0.05) is 19.1 Å². The molecule has 2 unspecified atom stereocenters. The Hall–Kier alpha value is -1.10. The second-order valence-electron chi connectivity index (χ2n) is 5.75. The molecule has 19 heavy (non-hydrogen) atoms. The lowest BCUT2D eigenvalue weighted by Crippen LogP contribution is -2.47. The van der Waals surface area contributed by atoms with Crippen LogP contribution in [0, 0.1) is 11.8 Å². The number of carbonyl (C=O) groups excluding carboxylic acids is 1. The molecule has 0 aliphatic carbocycles. The molecule has 5 heteroatoms. The fourth-order valence-corrected chi connectivity index (χ4v) is 2.68. The Morgan fingerprint density at radius 1 is 1.37 bits per heavy atom. The second-order valence-corrected chi connectivity index (χ2v) is 5.75. The predicted molar refractivity (Wildman–Crippen MR) is 73.8 cm³/mol. The first-order valence-corrected chi connectivity index (χ1v) is 7.14. The van der Waals surface area contributed by atoms with Gasteiger partial charge in [-0.05, 0) is 26.2 Å². The molecule has 1 heterocycles. The highest BCUT2D eigenvalue weighted by atomic mass is 16.4. The molecule has 1 saturated heterocycles. The Labute approximate surface area is 115 Å². The Morgan fingerprint density at radius 2 is 2.00 bits per heavy atom. The van der Waals surface area contributed by atoms with Gasteiger partial charge >= 0.3 is 5.97 Å². The van der Waals surface area contributed by atoms with E-state index >= 15 is 0 Å². The number of nitrogens with one attached hydrogen (secondary N) is 1. The lowest BCUT2D eigenvalue weighted by atomic mass is 9.99. The lowest BCUT2D eigenvalue weighted by molar-refractivity contribution is -0.142. The van der Waals surface area contributed by atoms with Crippen LogP contribution in [0.1, 0.15) is 40.5 Å². The largest absolute Gasteiger partial charge is 0.481 e. The zero-order chi connectivity index (χ0) is 14.6. The van der Waals surface area contributed by atoms with E-state index in [1.165, 1.54) is 0 Å². The maximum Gasteiger partial charge on any atom is 0.308 e. The molecular weight excluding hydrogens is 244 g/mol. The molecular formula is C14H26N2O3. The molecule has 1 rings (SSSR count). The van der Waals surface area contributed by atoms with Crippen LogP contribution in [0.5, 0.6) is 0 Å². The first kappa shape index (κ1) is 16.0. The van der Waals surface area contributed by atoms with Crippen LogP contribution in [0.25, 0.3) is 0 Å². The van der Waals surface area contributed by atoms with Crippen LogP contribution in [0.4, 0.5) is 0 Å². The highest BCUT2D eigenvalue weighted by Crippen LogP contribution is 2.24. The second kappa shape index (κ2) is 6.89. The van der Waals surface area contributed by atoms with Gasteiger partial charge in [0.25, 0.3) is 0 Å². The fraction of sp³-hybridized carbons (Fsp3) is 0.857. The van der Waals surface area contributed by atoms with Crippen LogP contribution >= 0.6 is 0 Å². The Balaban J connectivity index is 2.52. The number of carboxylic acids is 1. The summed E-state index contributed by atoms with van der Waals surface area (Å²) in [5.41, 5.74) is 0. The van der Waals surface area contributed by atoms with Gasteiger partial charge < -0.3 is 10.4 Å². The summed E-state index contributed by atoms with van der Waals surface area (Å²) in [5.74, 6) is -1.02. The van der Waals surface area contributed by atoms with Crippen LogP contribution in [0.15, 0.2) is 0 Å². The number of hydrogen-bond donors (Lipinski definition) is 2. The minimum absolute atomic E-state index is 0.000751. The fourth-order valence-electron chi connectivity index (χ4n) is 2.68. The molecule has 110 valence electrons. The van der Waals surface area contributed by atoms with Crippen LogP contribution in [-0.2, 0) is 9.59 Å². The molecule has 0 aromatic rings. The number of rotatable bonds is 6. The molecule has 4 atom stereocenters. The van der Waals surface area contributed by atoms with Crippen molar-refractivity contribution < 1.29 is 14.7 Å². The molecule has 0 aromatic carbocycles. The van der Waals surface area contributed by atoms with Crippen LogP contribution in [0.2, 0.25) is 0 Å². The molecule has 0 saturated carbocycles. The van der Waals surface area contributed by atoms with Crippen molar-refractivity contribution in [3.63, 3.8) is 0 Å². The summed E-state index contributed by atoms with van der Waals surface area (Å²) in [6, 6.07) is -0.0821. The van der Waals surface area contributed by atoms with Crippen molar-refractivity contribution >= 4 is 11.9 Å². The number of carboxylic acid groups (broad SMARTS) is 1. The third-order valence-electron chi connectivity index (χ3n) is 4.00. The number of hydrogen-bond acceptors (Lipinski definition) is 3. The van der Waals surface area contributed by atoms with Gasteiger partial charge in [-0.2, -0.15) is 0 Å². The number of nitrogens with zero attached hydrogens (tertiary/aromatic N) is 1. The van der Waals surface area contributed by atoms with Gasteiger partial charge in [-0.15, -0.1) is 0 Å². The summed E-state index contributed by atoms with van der Waals surface area (Å²) >= 11 is 0. The molecule has 1 aliphatic heterocycles. The maximum atomic E-state index is 12.1. The molecule has 0 spiro atoms. The monoisotopic (exact) mass is 270 g/mol. The Bertz CT molecular complexity index is 333. The van der Waals surface area contributed by atoms with E-state index in [9.17, 15) is 9.59 Å². The van der Waals surface area contributed by atoms with E-state index in [2.05, 4.69) is 12.2 Å². The summed E-state index contributed by atoms with van der Waals surface area (Å²) in [6.45, 7) is 9.02. The standard InChI is InChI=1S/C14H26N2O3/c1-5-6-10(3)15-13(17)11(4)16-7-9(2)12(8-16)14(18)19/h9-12H,5-8H2,1-4H3,(H,15,17)(H,18,19)/t9-,10?,11?,12-/m1/s1. The topological polar surface area (TPSA) is 69.6 Å². The molecule has 0 radical (unpaired) electrons. The van der Waals surface area contributed by atoms with Gasteiger partial charge in [0.15, 0.2) is 0 Å². The van der Waals surface area contributed by atoms with Gasteiger partial charge in [-0.25, -0.2) is 0 Å². The summed E-state index contributed by atoms with van der Waals surface area (Å²) in [4.78, 5) is 25.2. The van der Waals surface area contributed by atoms with Gasteiger partial charge in [-0.1, -0.05) is 20.3 Å². The molecule has 2 N–H and O–H groups in total. The van der Waals surface area contributed by atoms with Crippen LogP contribution < -0.4 is 5.32 Å². The van der Waals surface area contributed by atoms with E-state index in [-0.39, 0.29) is 29.8 Å².